The molecule has 0 heterocycles. The van der Waals surface area contributed by atoms with Gasteiger partial charge in [-0.15, -0.1) is 0 Å². The second kappa shape index (κ2) is 17.8. The van der Waals surface area contributed by atoms with Crippen LogP contribution < -0.4 is 9.47 Å². The minimum Gasteiger partial charge on any atom is -0.492 e. The summed E-state index contributed by atoms with van der Waals surface area (Å²) in [5.41, 5.74) is 0. The van der Waals surface area contributed by atoms with Gasteiger partial charge in [-0.3, -0.25) is 0 Å². The third kappa shape index (κ3) is 9.37. The Hall–Kier alpha value is -1.60. The number of thioether (sulfide) groups is 2. The molecule has 3 aromatic carbocycles. The molecule has 36 heavy (non-hydrogen) atoms. The molecule has 198 valence electrons. The standard InChI is InChI=1S/C30H42O4S2/c31-17-23-35-21-11-3-1-9-19-33-29-25-13-5-7-15-27(25)30(28-16-8-6-14-26(28)29)34-20-10-2-4-12-22-36-24-18-32/h5-8,13-16,31-32H,1-4,9-12,17-24H2. The molecule has 0 aliphatic heterocycles. The highest BCUT2D eigenvalue weighted by molar-refractivity contribution is 7.99. The lowest BCUT2D eigenvalue weighted by Gasteiger charge is -2.18. The average molecular weight is 531 g/mol. The quantitative estimate of drug-likeness (QED) is 0.118. The van der Waals surface area contributed by atoms with Gasteiger partial charge in [0.15, 0.2) is 0 Å². The maximum Gasteiger partial charge on any atom is 0.135 e. The van der Waals surface area contributed by atoms with Crippen molar-refractivity contribution in [3.63, 3.8) is 0 Å². The maximum atomic E-state index is 8.87. The average Bonchev–Trinajstić information content (AvgIpc) is 2.91. The molecule has 3 rings (SSSR count). The molecular weight excluding hydrogens is 488 g/mol. The number of rotatable bonds is 20. The van der Waals surface area contributed by atoms with Gasteiger partial charge in [-0.05, 0) is 37.2 Å². The Kier molecular flexibility index (Phi) is 14.3. The summed E-state index contributed by atoms with van der Waals surface area (Å²) in [7, 11) is 0. The zero-order valence-electron chi connectivity index (χ0n) is 21.5. The summed E-state index contributed by atoms with van der Waals surface area (Å²) < 4.78 is 12.8. The summed E-state index contributed by atoms with van der Waals surface area (Å²) in [4.78, 5) is 0. The first kappa shape index (κ1) is 29.0. The van der Waals surface area contributed by atoms with Crippen molar-refractivity contribution < 1.29 is 19.7 Å². The Morgan fingerprint density at radius 2 is 0.833 bits per heavy atom. The SMILES string of the molecule is OCCSCCCCCCOc1c2ccccc2c(OCCCCCCSCCO)c2ccccc12. The molecule has 2 N–H and O–H groups in total. The van der Waals surface area contributed by atoms with Gasteiger partial charge in [0.05, 0.1) is 26.4 Å². The van der Waals surface area contributed by atoms with Crippen LogP contribution in [0, 0.1) is 0 Å². The first-order valence-corrected chi connectivity index (χ1v) is 15.7. The molecule has 0 unspecified atom stereocenters. The number of aliphatic hydroxyl groups excluding tert-OH is 2. The molecular formula is C30H42O4S2. The number of hydrogen-bond donors (Lipinski definition) is 2. The Morgan fingerprint density at radius 3 is 1.19 bits per heavy atom. The van der Waals surface area contributed by atoms with Crippen molar-refractivity contribution in [1.82, 2.24) is 0 Å². The van der Waals surface area contributed by atoms with Gasteiger partial charge >= 0.3 is 0 Å². The number of benzene rings is 3. The third-order valence-corrected chi connectivity index (χ3v) is 8.26. The van der Waals surface area contributed by atoms with Crippen LogP contribution in [0.25, 0.3) is 21.5 Å². The minimum atomic E-state index is 0.274. The van der Waals surface area contributed by atoms with Crippen LogP contribution in [0.1, 0.15) is 51.4 Å². The van der Waals surface area contributed by atoms with E-state index in [4.69, 9.17) is 19.7 Å². The molecule has 0 fully saturated rings. The van der Waals surface area contributed by atoms with E-state index in [-0.39, 0.29) is 13.2 Å². The van der Waals surface area contributed by atoms with Gasteiger partial charge in [0, 0.05) is 33.1 Å². The highest BCUT2D eigenvalue weighted by atomic mass is 32.2. The summed E-state index contributed by atoms with van der Waals surface area (Å²) in [6, 6.07) is 16.9. The maximum absolute atomic E-state index is 8.87. The first-order valence-electron chi connectivity index (χ1n) is 13.4. The molecule has 0 aliphatic carbocycles. The zero-order chi connectivity index (χ0) is 25.3. The van der Waals surface area contributed by atoms with Crippen LogP contribution in [-0.4, -0.2) is 59.7 Å². The van der Waals surface area contributed by atoms with Gasteiger partial charge in [0.25, 0.3) is 0 Å². The summed E-state index contributed by atoms with van der Waals surface area (Å²) in [5.74, 6) is 5.87. The van der Waals surface area contributed by atoms with Crippen LogP contribution in [0.3, 0.4) is 0 Å². The molecule has 0 radical (unpaired) electrons. The van der Waals surface area contributed by atoms with Crippen LogP contribution in [0.4, 0.5) is 0 Å². The predicted octanol–water partition coefficient (Wildman–Crippen LogP) is 7.32. The number of ether oxygens (including phenoxy) is 2. The molecule has 0 spiro atoms. The number of fused-ring (bicyclic) bond motifs is 2. The molecule has 0 saturated heterocycles. The molecule has 0 aliphatic rings. The van der Waals surface area contributed by atoms with Gasteiger partial charge in [0.1, 0.15) is 11.5 Å². The summed E-state index contributed by atoms with van der Waals surface area (Å²) in [5, 5.41) is 22.2. The van der Waals surface area contributed by atoms with Crippen molar-refractivity contribution in [3.8, 4) is 11.5 Å². The van der Waals surface area contributed by atoms with E-state index in [2.05, 4.69) is 48.5 Å². The van der Waals surface area contributed by atoms with Crippen molar-refractivity contribution in [1.29, 1.82) is 0 Å². The van der Waals surface area contributed by atoms with Crippen LogP contribution in [0.5, 0.6) is 11.5 Å². The Balaban J connectivity index is 1.58. The fourth-order valence-corrected chi connectivity index (χ4v) is 5.84. The number of hydrogen-bond acceptors (Lipinski definition) is 6. The molecule has 0 amide bonds. The minimum absolute atomic E-state index is 0.274. The van der Waals surface area contributed by atoms with Crippen molar-refractivity contribution in [2.75, 3.05) is 49.4 Å². The molecule has 0 aromatic heterocycles. The monoisotopic (exact) mass is 530 g/mol. The van der Waals surface area contributed by atoms with E-state index in [1.807, 2.05) is 23.5 Å². The van der Waals surface area contributed by atoms with E-state index < -0.39 is 0 Å². The van der Waals surface area contributed by atoms with Crippen LogP contribution in [0.2, 0.25) is 0 Å². The second-order valence-corrected chi connectivity index (χ2v) is 11.4. The van der Waals surface area contributed by atoms with E-state index in [1.54, 1.807) is 0 Å². The van der Waals surface area contributed by atoms with Crippen LogP contribution >= 0.6 is 23.5 Å². The molecule has 0 saturated carbocycles. The van der Waals surface area contributed by atoms with E-state index in [9.17, 15) is 0 Å². The largest absolute Gasteiger partial charge is 0.492 e. The van der Waals surface area contributed by atoms with Gasteiger partial charge in [-0.1, -0.05) is 74.2 Å². The smallest absolute Gasteiger partial charge is 0.135 e. The lowest BCUT2D eigenvalue weighted by Crippen LogP contribution is -2.02. The van der Waals surface area contributed by atoms with E-state index in [1.165, 1.54) is 25.7 Å². The fourth-order valence-electron chi connectivity index (χ4n) is 4.36. The Bertz CT molecular complexity index is 874. The lowest BCUT2D eigenvalue weighted by atomic mass is 10.0. The second-order valence-electron chi connectivity index (χ2n) is 8.95. The number of unbranched alkanes of at least 4 members (excludes halogenated alkanes) is 6. The molecule has 0 bridgehead atoms. The van der Waals surface area contributed by atoms with Crippen molar-refractivity contribution in [2.24, 2.45) is 0 Å². The van der Waals surface area contributed by atoms with Gasteiger partial charge in [0.2, 0.25) is 0 Å². The van der Waals surface area contributed by atoms with Crippen LogP contribution in [-0.2, 0) is 0 Å². The molecule has 0 atom stereocenters. The van der Waals surface area contributed by atoms with E-state index in [0.717, 1.165) is 81.7 Å². The Morgan fingerprint density at radius 1 is 0.472 bits per heavy atom. The van der Waals surface area contributed by atoms with E-state index >= 15 is 0 Å². The number of aliphatic hydroxyl groups is 2. The van der Waals surface area contributed by atoms with Crippen LogP contribution in [0.15, 0.2) is 48.5 Å². The lowest BCUT2D eigenvalue weighted by molar-refractivity contribution is 0.307. The first-order chi connectivity index (χ1) is 17.9. The topological polar surface area (TPSA) is 58.9 Å². The highest BCUT2D eigenvalue weighted by Gasteiger charge is 2.15. The van der Waals surface area contributed by atoms with E-state index in [0.29, 0.717) is 13.2 Å². The molecule has 4 nitrogen and oxygen atoms in total. The fraction of sp³-hybridized carbons (Fsp3) is 0.533. The van der Waals surface area contributed by atoms with Gasteiger partial charge < -0.3 is 19.7 Å². The summed E-state index contributed by atoms with van der Waals surface area (Å²) in [6.45, 7) is 1.98. The van der Waals surface area contributed by atoms with Crippen molar-refractivity contribution in [2.45, 2.75) is 51.4 Å². The summed E-state index contributed by atoms with van der Waals surface area (Å²) >= 11 is 3.66. The van der Waals surface area contributed by atoms with Gasteiger partial charge in [-0.2, -0.15) is 23.5 Å². The van der Waals surface area contributed by atoms with Crippen molar-refractivity contribution in [3.05, 3.63) is 48.5 Å². The van der Waals surface area contributed by atoms with Crippen molar-refractivity contribution >= 4 is 45.1 Å². The predicted molar refractivity (Wildman–Crippen MR) is 158 cm³/mol. The third-order valence-electron chi connectivity index (χ3n) is 6.16. The zero-order valence-corrected chi connectivity index (χ0v) is 23.1. The molecule has 6 heteroatoms. The summed E-state index contributed by atoms with van der Waals surface area (Å²) in [6.07, 6.45) is 9.23. The van der Waals surface area contributed by atoms with Gasteiger partial charge in [-0.25, -0.2) is 0 Å². The molecule has 3 aromatic rings. The highest BCUT2D eigenvalue weighted by Crippen LogP contribution is 2.42. The Labute approximate surface area is 225 Å². The normalized spacial score (nSPS) is 11.4.